The van der Waals surface area contributed by atoms with Gasteiger partial charge in [-0.15, -0.1) is 0 Å². The summed E-state index contributed by atoms with van der Waals surface area (Å²) in [6, 6.07) is 5.79. The van der Waals surface area contributed by atoms with Crippen molar-refractivity contribution in [3.05, 3.63) is 30.1 Å². The van der Waals surface area contributed by atoms with Gasteiger partial charge in [0, 0.05) is 17.5 Å². The Kier molecular flexibility index (Phi) is 2.41. The fourth-order valence-corrected chi connectivity index (χ4v) is 1.40. The van der Waals surface area contributed by atoms with E-state index in [0.29, 0.717) is 11.7 Å². The molecule has 0 aromatic carbocycles. The number of nitrogens with one attached hydrogen (secondary N) is 1. The highest BCUT2D eigenvalue weighted by Crippen LogP contribution is 2.24. The fourth-order valence-electron chi connectivity index (χ4n) is 1.40. The van der Waals surface area contributed by atoms with Crippen LogP contribution in [0.25, 0.3) is 11.3 Å². The summed E-state index contributed by atoms with van der Waals surface area (Å²) in [5.74, 6) is 0.948. The molecule has 0 saturated carbocycles. The first kappa shape index (κ1) is 9.71. The molecule has 15 heavy (non-hydrogen) atoms. The third kappa shape index (κ3) is 1.83. The molecule has 0 aliphatic carbocycles. The van der Waals surface area contributed by atoms with Crippen LogP contribution < -0.4 is 5.73 Å². The van der Waals surface area contributed by atoms with Gasteiger partial charge in [-0.05, 0) is 24.1 Å². The van der Waals surface area contributed by atoms with Crippen molar-refractivity contribution in [1.29, 1.82) is 0 Å². The lowest BCUT2D eigenvalue weighted by molar-refractivity contribution is 0.811. The molecule has 2 rings (SSSR count). The van der Waals surface area contributed by atoms with Crippen molar-refractivity contribution in [2.75, 3.05) is 5.73 Å². The zero-order valence-electron chi connectivity index (χ0n) is 8.86. The van der Waals surface area contributed by atoms with Gasteiger partial charge in [-0.1, -0.05) is 13.8 Å². The summed E-state index contributed by atoms with van der Waals surface area (Å²) in [5.41, 5.74) is 8.60. The molecule has 3 N–H and O–H groups in total. The van der Waals surface area contributed by atoms with Crippen LogP contribution in [0.4, 0.5) is 5.82 Å². The highest BCUT2D eigenvalue weighted by atomic mass is 15.1. The molecule has 0 fully saturated rings. The van der Waals surface area contributed by atoms with Crippen molar-refractivity contribution in [3.8, 4) is 11.3 Å². The van der Waals surface area contributed by atoms with Crippen LogP contribution in [-0.2, 0) is 0 Å². The summed E-state index contributed by atoms with van der Waals surface area (Å²) in [7, 11) is 0. The standard InChI is InChI=1S/C11H14N4/c1-7(2)9-6-10(15-14-9)8-4-3-5-13-11(8)12/h3-7H,1-2H3,(H2,12,13)(H,14,15). The van der Waals surface area contributed by atoms with Crippen LogP contribution >= 0.6 is 0 Å². The molecule has 0 aliphatic heterocycles. The SMILES string of the molecule is CC(C)c1cc(-c2cccnc2N)n[nH]1. The number of nitrogens with zero attached hydrogens (tertiary/aromatic N) is 2. The molecular weight excluding hydrogens is 188 g/mol. The highest BCUT2D eigenvalue weighted by Gasteiger charge is 2.08. The normalized spacial score (nSPS) is 10.9. The predicted octanol–water partition coefficient (Wildman–Crippen LogP) is 2.18. The molecule has 0 aliphatic rings. The number of nitrogen functional groups attached to an aromatic ring is 1. The van der Waals surface area contributed by atoms with E-state index in [1.54, 1.807) is 6.20 Å². The maximum atomic E-state index is 5.77. The van der Waals surface area contributed by atoms with E-state index in [1.165, 1.54) is 0 Å². The third-order valence-electron chi connectivity index (χ3n) is 2.33. The zero-order valence-corrected chi connectivity index (χ0v) is 8.86. The number of aromatic nitrogens is 3. The zero-order chi connectivity index (χ0) is 10.8. The van der Waals surface area contributed by atoms with Gasteiger partial charge in [0.15, 0.2) is 0 Å². The Balaban J connectivity index is 2.42. The Morgan fingerprint density at radius 1 is 1.40 bits per heavy atom. The second kappa shape index (κ2) is 3.73. The van der Waals surface area contributed by atoms with Crippen LogP contribution in [0.3, 0.4) is 0 Å². The number of rotatable bonds is 2. The van der Waals surface area contributed by atoms with E-state index < -0.39 is 0 Å². The minimum absolute atomic E-state index is 0.434. The van der Waals surface area contributed by atoms with Gasteiger partial charge < -0.3 is 5.73 Å². The van der Waals surface area contributed by atoms with E-state index in [9.17, 15) is 0 Å². The summed E-state index contributed by atoms with van der Waals surface area (Å²) < 4.78 is 0. The molecule has 4 nitrogen and oxygen atoms in total. The molecule has 0 saturated heterocycles. The van der Waals surface area contributed by atoms with Crippen molar-refractivity contribution in [1.82, 2.24) is 15.2 Å². The maximum Gasteiger partial charge on any atom is 0.132 e. The Hall–Kier alpha value is -1.84. The van der Waals surface area contributed by atoms with Crippen molar-refractivity contribution >= 4 is 5.82 Å². The lowest BCUT2D eigenvalue weighted by atomic mass is 10.1. The average Bonchev–Trinajstić information content (AvgIpc) is 2.67. The molecule has 2 heterocycles. The highest BCUT2D eigenvalue weighted by molar-refractivity contribution is 5.70. The quantitative estimate of drug-likeness (QED) is 0.784. The average molecular weight is 202 g/mol. The van der Waals surface area contributed by atoms with E-state index in [2.05, 4.69) is 29.0 Å². The van der Waals surface area contributed by atoms with Gasteiger partial charge in [0.05, 0.1) is 5.69 Å². The molecule has 0 amide bonds. The van der Waals surface area contributed by atoms with Gasteiger partial charge in [-0.3, -0.25) is 5.10 Å². The second-order valence-corrected chi connectivity index (χ2v) is 3.80. The Morgan fingerprint density at radius 2 is 2.20 bits per heavy atom. The lowest BCUT2D eigenvalue weighted by Crippen LogP contribution is -1.92. The Bertz CT molecular complexity index is 459. The molecular formula is C11H14N4. The monoisotopic (exact) mass is 202 g/mol. The number of nitrogens with two attached hydrogens (primary N) is 1. The van der Waals surface area contributed by atoms with E-state index in [-0.39, 0.29) is 0 Å². The fraction of sp³-hybridized carbons (Fsp3) is 0.273. The van der Waals surface area contributed by atoms with Gasteiger partial charge in [-0.25, -0.2) is 4.98 Å². The number of hydrogen-bond donors (Lipinski definition) is 2. The molecule has 0 spiro atoms. The first-order valence-corrected chi connectivity index (χ1v) is 4.94. The van der Waals surface area contributed by atoms with Gasteiger partial charge in [-0.2, -0.15) is 5.10 Å². The van der Waals surface area contributed by atoms with Crippen molar-refractivity contribution in [2.24, 2.45) is 0 Å². The van der Waals surface area contributed by atoms with Crippen molar-refractivity contribution in [2.45, 2.75) is 19.8 Å². The molecule has 78 valence electrons. The van der Waals surface area contributed by atoms with Gasteiger partial charge >= 0.3 is 0 Å². The first-order valence-electron chi connectivity index (χ1n) is 4.94. The predicted molar refractivity (Wildman–Crippen MR) is 60.3 cm³/mol. The maximum absolute atomic E-state index is 5.77. The summed E-state index contributed by atoms with van der Waals surface area (Å²) >= 11 is 0. The second-order valence-electron chi connectivity index (χ2n) is 3.80. The Morgan fingerprint density at radius 3 is 2.80 bits per heavy atom. The molecule has 0 unspecified atom stereocenters. The number of aromatic amines is 1. The van der Waals surface area contributed by atoms with E-state index in [0.717, 1.165) is 17.0 Å². The van der Waals surface area contributed by atoms with Crippen LogP contribution in [0.2, 0.25) is 0 Å². The summed E-state index contributed by atoms with van der Waals surface area (Å²) in [6.45, 7) is 4.23. The summed E-state index contributed by atoms with van der Waals surface area (Å²) in [5, 5.41) is 7.22. The molecule has 2 aromatic heterocycles. The minimum atomic E-state index is 0.434. The van der Waals surface area contributed by atoms with Crippen molar-refractivity contribution < 1.29 is 0 Å². The molecule has 0 bridgehead atoms. The number of H-pyrrole nitrogens is 1. The van der Waals surface area contributed by atoms with E-state index in [1.807, 2.05) is 18.2 Å². The van der Waals surface area contributed by atoms with Gasteiger partial charge in [0.25, 0.3) is 0 Å². The van der Waals surface area contributed by atoms with Crippen LogP contribution in [0.15, 0.2) is 24.4 Å². The topological polar surface area (TPSA) is 67.6 Å². The van der Waals surface area contributed by atoms with E-state index >= 15 is 0 Å². The molecule has 0 atom stereocenters. The van der Waals surface area contributed by atoms with E-state index in [4.69, 9.17) is 5.73 Å². The lowest BCUT2D eigenvalue weighted by Gasteiger charge is -1.99. The van der Waals surface area contributed by atoms with Crippen LogP contribution in [-0.4, -0.2) is 15.2 Å². The summed E-state index contributed by atoms with van der Waals surface area (Å²) in [4.78, 5) is 4.03. The van der Waals surface area contributed by atoms with Gasteiger partial charge in [0.1, 0.15) is 5.82 Å². The van der Waals surface area contributed by atoms with Crippen LogP contribution in [0, 0.1) is 0 Å². The molecule has 0 radical (unpaired) electrons. The number of pyridine rings is 1. The third-order valence-corrected chi connectivity index (χ3v) is 2.33. The Labute approximate surface area is 88.5 Å². The number of anilines is 1. The molecule has 2 aromatic rings. The largest absolute Gasteiger partial charge is 0.383 e. The van der Waals surface area contributed by atoms with Gasteiger partial charge in [0.2, 0.25) is 0 Å². The minimum Gasteiger partial charge on any atom is -0.383 e. The van der Waals surface area contributed by atoms with Crippen LogP contribution in [0.5, 0.6) is 0 Å². The first-order chi connectivity index (χ1) is 7.18. The smallest absolute Gasteiger partial charge is 0.132 e. The number of hydrogen-bond acceptors (Lipinski definition) is 3. The van der Waals surface area contributed by atoms with Crippen molar-refractivity contribution in [3.63, 3.8) is 0 Å². The molecule has 4 heteroatoms. The van der Waals surface area contributed by atoms with Crippen LogP contribution in [0.1, 0.15) is 25.5 Å². The summed E-state index contributed by atoms with van der Waals surface area (Å²) in [6.07, 6.45) is 1.68.